The Bertz CT molecular complexity index is 499. The molecule has 1 aromatic rings. The van der Waals surface area contributed by atoms with Gasteiger partial charge in [-0.3, -0.25) is 4.79 Å². The fourth-order valence-electron chi connectivity index (χ4n) is 2.96. The second-order valence-corrected chi connectivity index (χ2v) is 7.35. The molecule has 1 N–H and O–H groups in total. The third kappa shape index (κ3) is 3.08. The summed E-state index contributed by atoms with van der Waals surface area (Å²) in [5.74, 6) is 1.30. The first-order valence-corrected chi connectivity index (χ1v) is 8.76. The van der Waals surface area contributed by atoms with Crippen LogP contribution >= 0.6 is 11.8 Å². The second kappa shape index (κ2) is 6.36. The van der Waals surface area contributed by atoms with Gasteiger partial charge in [0.15, 0.2) is 0 Å². The molecule has 0 unspecified atom stereocenters. The van der Waals surface area contributed by atoms with Gasteiger partial charge in [-0.25, -0.2) is 9.67 Å². The molecule has 1 aromatic heterocycles. The molecule has 0 bridgehead atoms. The maximum absolute atomic E-state index is 12.6. The van der Waals surface area contributed by atoms with Crippen molar-refractivity contribution in [2.24, 2.45) is 0 Å². The number of thioether (sulfide) groups is 1. The molecule has 2 aliphatic rings. The van der Waals surface area contributed by atoms with E-state index in [9.17, 15) is 4.79 Å². The van der Waals surface area contributed by atoms with Crippen molar-refractivity contribution in [2.75, 3.05) is 25.4 Å². The monoisotopic (exact) mass is 309 g/mol. The summed E-state index contributed by atoms with van der Waals surface area (Å²) in [6.07, 6.45) is 3.95. The maximum Gasteiger partial charge on any atom is 0.293 e. The molecule has 0 saturated carbocycles. The van der Waals surface area contributed by atoms with Gasteiger partial charge < -0.3 is 10.2 Å². The zero-order chi connectivity index (χ0) is 14.8. The highest BCUT2D eigenvalue weighted by molar-refractivity contribution is 8.00. The predicted molar refractivity (Wildman–Crippen MR) is 83.6 cm³/mol. The fourth-order valence-corrected chi connectivity index (χ4v) is 4.06. The molecule has 2 aliphatic heterocycles. The SMILES string of the molecule is C[C@@H]1SCCN(C(=O)c2ncn([C@H]3CCCNC3)n2)[C@@H]1C. The Labute approximate surface area is 129 Å². The Morgan fingerprint density at radius 2 is 2.33 bits per heavy atom. The van der Waals surface area contributed by atoms with Crippen molar-refractivity contribution < 1.29 is 4.79 Å². The van der Waals surface area contributed by atoms with E-state index in [0.29, 0.717) is 17.1 Å². The summed E-state index contributed by atoms with van der Waals surface area (Å²) in [6.45, 7) is 7.04. The lowest BCUT2D eigenvalue weighted by Crippen LogP contribution is -2.48. The van der Waals surface area contributed by atoms with Crippen LogP contribution in [-0.2, 0) is 0 Å². The molecule has 2 fully saturated rings. The van der Waals surface area contributed by atoms with Crippen molar-refractivity contribution in [3.63, 3.8) is 0 Å². The zero-order valence-electron chi connectivity index (χ0n) is 12.7. The first-order valence-electron chi connectivity index (χ1n) is 7.71. The van der Waals surface area contributed by atoms with E-state index < -0.39 is 0 Å². The van der Waals surface area contributed by atoms with E-state index in [2.05, 4.69) is 29.2 Å². The average Bonchev–Trinajstić information content (AvgIpc) is 3.00. The van der Waals surface area contributed by atoms with Gasteiger partial charge in [0.05, 0.1) is 6.04 Å². The van der Waals surface area contributed by atoms with Crippen LogP contribution in [0, 0.1) is 0 Å². The Morgan fingerprint density at radius 3 is 3.10 bits per heavy atom. The van der Waals surface area contributed by atoms with E-state index in [1.54, 1.807) is 6.33 Å². The molecule has 3 atom stereocenters. The predicted octanol–water partition coefficient (Wildman–Crippen LogP) is 1.17. The lowest BCUT2D eigenvalue weighted by molar-refractivity contribution is 0.0685. The largest absolute Gasteiger partial charge is 0.331 e. The summed E-state index contributed by atoms with van der Waals surface area (Å²) in [7, 11) is 0. The van der Waals surface area contributed by atoms with E-state index in [4.69, 9.17) is 0 Å². The summed E-state index contributed by atoms with van der Waals surface area (Å²) in [5, 5.41) is 8.26. The van der Waals surface area contributed by atoms with Gasteiger partial charge in [-0.05, 0) is 26.3 Å². The van der Waals surface area contributed by atoms with Crippen molar-refractivity contribution in [3.05, 3.63) is 12.2 Å². The zero-order valence-corrected chi connectivity index (χ0v) is 13.5. The van der Waals surface area contributed by atoms with Gasteiger partial charge in [0.2, 0.25) is 5.82 Å². The highest BCUT2D eigenvalue weighted by Gasteiger charge is 2.31. The van der Waals surface area contributed by atoms with E-state index in [1.807, 2.05) is 21.3 Å². The Balaban J connectivity index is 1.71. The van der Waals surface area contributed by atoms with Gasteiger partial charge in [-0.1, -0.05) is 6.92 Å². The van der Waals surface area contributed by atoms with Crippen LogP contribution in [0.15, 0.2) is 6.33 Å². The quantitative estimate of drug-likeness (QED) is 0.888. The second-order valence-electron chi connectivity index (χ2n) is 5.86. The van der Waals surface area contributed by atoms with E-state index in [0.717, 1.165) is 38.2 Å². The number of carbonyl (C=O) groups is 1. The smallest absolute Gasteiger partial charge is 0.293 e. The minimum absolute atomic E-state index is 0.0304. The average molecular weight is 309 g/mol. The van der Waals surface area contributed by atoms with Gasteiger partial charge in [-0.15, -0.1) is 5.10 Å². The van der Waals surface area contributed by atoms with Crippen LogP contribution in [0.4, 0.5) is 0 Å². The van der Waals surface area contributed by atoms with E-state index in [-0.39, 0.29) is 11.9 Å². The summed E-state index contributed by atoms with van der Waals surface area (Å²) in [6, 6.07) is 0.556. The van der Waals surface area contributed by atoms with Crippen molar-refractivity contribution in [3.8, 4) is 0 Å². The Hall–Kier alpha value is -1.08. The van der Waals surface area contributed by atoms with Crippen molar-refractivity contribution in [1.29, 1.82) is 0 Å². The highest BCUT2D eigenvalue weighted by atomic mass is 32.2. The Morgan fingerprint density at radius 1 is 1.48 bits per heavy atom. The topological polar surface area (TPSA) is 63.1 Å². The number of hydrogen-bond acceptors (Lipinski definition) is 5. The number of aromatic nitrogens is 3. The van der Waals surface area contributed by atoms with Gasteiger partial charge in [0, 0.05) is 30.1 Å². The maximum atomic E-state index is 12.6. The number of piperidine rings is 1. The molecule has 0 aliphatic carbocycles. The van der Waals surface area contributed by atoms with Crippen molar-refractivity contribution in [2.45, 2.75) is 44.0 Å². The summed E-state index contributed by atoms with van der Waals surface area (Å²) < 4.78 is 1.85. The van der Waals surface area contributed by atoms with Crippen molar-refractivity contribution in [1.82, 2.24) is 25.0 Å². The molecule has 0 radical (unpaired) electrons. The molecule has 0 aromatic carbocycles. The summed E-state index contributed by atoms with van der Waals surface area (Å²) in [5.41, 5.74) is 0. The van der Waals surface area contributed by atoms with Crippen molar-refractivity contribution >= 4 is 17.7 Å². The first kappa shape index (κ1) is 14.8. The van der Waals surface area contributed by atoms with Crippen LogP contribution < -0.4 is 5.32 Å². The van der Waals surface area contributed by atoms with Gasteiger partial charge >= 0.3 is 0 Å². The molecular weight excluding hydrogens is 286 g/mol. The van der Waals surface area contributed by atoms with Gasteiger partial charge in [-0.2, -0.15) is 11.8 Å². The number of nitrogens with one attached hydrogen (secondary N) is 1. The minimum Gasteiger partial charge on any atom is -0.331 e. The molecule has 3 heterocycles. The third-order valence-electron chi connectivity index (χ3n) is 4.49. The normalized spacial score (nSPS) is 30.4. The highest BCUT2D eigenvalue weighted by Crippen LogP contribution is 2.25. The lowest BCUT2D eigenvalue weighted by Gasteiger charge is -2.36. The summed E-state index contributed by atoms with van der Waals surface area (Å²) in [4.78, 5) is 18.8. The number of nitrogens with zero attached hydrogens (tertiary/aromatic N) is 4. The number of carbonyl (C=O) groups excluding carboxylic acids is 1. The standard InChI is InChI=1S/C14H23N5OS/c1-10-11(2)21-7-6-18(10)14(20)13-16-9-19(17-13)12-4-3-5-15-8-12/h9-12,15H,3-8H2,1-2H3/t10-,11+,12+/m1/s1. The Kier molecular flexibility index (Phi) is 4.49. The minimum atomic E-state index is -0.0304. The van der Waals surface area contributed by atoms with E-state index >= 15 is 0 Å². The lowest BCUT2D eigenvalue weighted by atomic mass is 10.1. The molecule has 7 heteroatoms. The third-order valence-corrected chi connectivity index (χ3v) is 5.83. The molecule has 2 saturated heterocycles. The molecule has 21 heavy (non-hydrogen) atoms. The van der Waals surface area contributed by atoms with Gasteiger partial charge in [0.1, 0.15) is 6.33 Å². The van der Waals surface area contributed by atoms with Crippen LogP contribution in [0.3, 0.4) is 0 Å². The van der Waals surface area contributed by atoms with Gasteiger partial charge in [0.25, 0.3) is 5.91 Å². The molecule has 0 spiro atoms. The van der Waals surface area contributed by atoms with Crippen LogP contribution in [0.2, 0.25) is 0 Å². The van der Waals surface area contributed by atoms with Crippen LogP contribution in [0.1, 0.15) is 43.3 Å². The molecule has 6 nitrogen and oxygen atoms in total. The molecule has 3 rings (SSSR count). The molecular formula is C14H23N5OS. The number of amides is 1. The number of hydrogen-bond donors (Lipinski definition) is 1. The van der Waals surface area contributed by atoms with Crippen LogP contribution in [-0.4, -0.2) is 62.3 Å². The van der Waals surface area contributed by atoms with Crippen LogP contribution in [0.25, 0.3) is 0 Å². The van der Waals surface area contributed by atoms with E-state index in [1.165, 1.54) is 0 Å². The fraction of sp³-hybridized carbons (Fsp3) is 0.786. The summed E-state index contributed by atoms with van der Waals surface area (Å²) >= 11 is 1.92. The first-order chi connectivity index (χ1) is 10.2. The molecule has 116 valence electrons. The van der Waals surface area contributed by atoms with Crippen LogP contribution in [0.5, 0.6) is 0 Å². The number of rotatable bonds is 2. The molecule has 1 amide bonds.